The summed E-state index contributed by atoms with van der Waals surface area (Å²) in [6.07, 6.45) is 4.97. The molecular formula is C16H19BrFNO. The van der Waals surface area contributed by atoms with Crippen molar-refractivity contribution >= 4 is 21.7 Å². The van der Waals surface area contributed by atoms with Crippen LogP contribution in [-0.4, -0.2) is 23.3 Å². The predicted octanol–water partition coefficient (Wildman–Crippen LogP) is 3.92. The van der Waals surface area contributed by atoms with E-state index >= 15 is 0 Å². The first-order chi connectivity index (χ1) is 9.65. The Morgan fingerprint density at radius 3 is 2.90 bits per heavy atom. The molecule has 0 bridgehead atoms. The highest BCUT2D eigenvalue weighted by molar-refractivity contribution is 9.10. The Morgan fingerprint density at radius 2 is 2.15 bits per heavy atom. The molecule has 0 aromatic heterocycles. The van der Waals surface area contributed by atoms with Crippen molar-refractivity contribution in [2.45, 2.75) is 44.7 Å². The molecule has 2 nitrogen and oxygen atoms in total. The van der Waals surface area contributed by atoms with Crippen molar-refractivity contribution in [2.75, 3.05) is 6.54 Å². The van der Waals surface area contributed by atoms with Gasteiger partial charge in [-0.15, -0.1) is 0 Å². The SMILES string of the molecule is O=C1CCCC1C1CCCN1Cc1cc(Br)ccc1F. The summed E-state index contributed by atoms with van der Waals surface area (Å²) in [5.41, 5.74) is 0.719. The lowest BCUT2D eigenvalue weighted by Gasteiger charge is -2.28. The van der Waals surface area contributed by atoms with E-state index in [-0.39, 0.29) is 11.7 Å². The van der Waals surface area contributed by atoms with E-state index in [1.807, 2.05) is 6.07 Å². The van der Waals surface area contributed by atoms with Gasteiger partial charge in [0.1, 0.15) is 11.6 Å². The van der Waals surface area contributed by atoms with Crippen LogP contribution < -0.4 is 0 Å². The van der Waals surface area contributed by atoms with Crippen LogP contribution in [0.5, 0.6) is 0 Å². The van der Waals surface area contributed by atoms with Crippen LogP contribution in [-0.2, 0) is 11.3 Å². The molecule has 2 fully saturated rings. The molecule has 1 aromatic carbocycles. The second-order valence-electron chi connectivity index (χ2n) is 5.88. The van der Waals surface area contributed by atoms with Crippen molar-refractivity contribution in [3.05, 3.63) is 34.1 Å². The summed E-state index contributed by atoms with van der Waals surface area (Å²) in [6.45, 7) is 1.58. The van der Waals surface area contributed by atoms with Gasteiger partial charge in [-0.3, -0.25) is 9.69 Å². The summed E-state index contributed by atoms with van der Waals surface area (Å²) in [7, 11) is 0. The average Bonchev–Trinajstić information content (AvgIpc) is 3.02. The minimum Gasteiger partial charge on any atom is -0.299 e. The van der Waals surface area contributed by atoms with E-state index in [1.54, 1.807) is 6.07 Å². The number of likely N-dealkylation sites (tertiary alicyclic amines) is 1. The number of hydrogen-bond acceptors (Lipinski definition) is 2. The zero-order valence-corrected chi connectivity index (χ0v) is 13.0. The molecule has 1 aliphatic heterocycles. The molecule has 1 aromatic rings. The van der Waals surface area contributed by atoms with Crippen LogP contribution in [0.3, 0.4) is 0 Å². The number of rotatable bonds is 3. The first kappa shape index (κ1) is 14.2. The van der Waals surface area contributed by atoms with Crippen molar-refractivity contribution in [3.8, 4) is 0 Å². The third kappa shape index (κ3) is 2.82. The van der Waals surface area contributed by atoms with Gasteiger partial charge in [-0.1, -0.05) is 15.9 Å². The highest BCUT2D eigenvalue weighted by atomic mass is 79.9. The summed E-state index contributed by atoms with van der Waals surface area (Å²) in [5.74, 6) is 0.445. The quantitative estimate of drug-likeness (QED) is 0.831. The van der Waals surface area contributed by atoms with Gasteiger partial charge >= 0.3 is 0 Å². The van der Waals surface area contributed by atoms with Crippen LogP contribution in [0.1, 0.15) is 37.7 Å². The third-order valence-corrected chi connectivity index (χ3v) is 5.11. The monoisotopic (exact) mass is 339 g/mol. The van der Waals surface area contributed by atoms with Crippen LogP contribution in [0, 0.1) is 11.7 Å². The lowest BCUT2D eigenvalue weighted by atomic mass is 9.95. The minimum absolute atomic E-state index is 0.156. The standard InChI is InChI=1S/C16H19BrFNO/c17-12-6-7-14(18)11(9-12)10-19-8-2-4-15(19)13-3-1-5-16(13)20/h6-7,9,13,15H,1-5,8,10H2. The van der Waals surface area contributed by atoms with Crippen LogP contribution in [0.15, 0.2) is 22.7 Å². The van der Waals surface area contributed by atoms with E-state index in [1.165, 1.54) is 6.07 Å². The van der Waals surface area contributed by atoms with E-state index in [0.29, 0.717) is 18.4 Å². The van der Waals surface area contributed by atoms with E-state index in [4.69, 9.17) is 0 Å². The maximum absolute atomic E-state index is 13.9. The molecule has 1 saturated heterocycles. The lowest BCUT2D eigenvalue weighted by Crippen LogP contribution is -2.37. The Hall–Kier alpha value is -0.740. The number of Topliss-reactive ketones (excluding diaryl/α,β-unsaturated/α-hetero) is 1. The minimum atomic E-state index is -0.156. The van der Waals surface area contributed by atoms with Crippen molar-refractivity contribution in [1.82, 2.24) is 4.90 Å². The Labute approximate surface area is 127 Å². The fourth-order valence-corrected chi connectivity index (χ4v) is 4.05. The summed E-state index contributed by atoms with van der Waals surface area (Å²) >= 11 is 3.40. The molecular weight excluding hydrogens is 321 g/mol. The fourth-order valence-electron chi connectivity index (χ4n) is 3.64. The highest BCUT2D eigenvalue weighted by Crippen LogP contribution is 2.34. The summed E-state index contributed by atoms with van der Waals surface area (Å²) in [5, 5.41) is 0. The van der Waals surface area contributed by atoms with Crippen LogP contribution >= 0.6 is 15.9 Å². The summed E-state index contributed by atoms with van der Waals surface area (Å²) < 4.78 is 14.8. The first-order valence-corrected chi connectivity index (χ1v) is 8.15. The average molecular weight is 340 g/mol. The molecule has 20 heavy (non-hydrogen) atoms. The topological polar surface area (TPSA) is 20.3 Å². The lowest BCUT2D eigenvalue weighted by molar-refractivity contribution is -0.122. The number of carbonyl (C=O) groups excluding carboxylic acids is 1. The van der Waals surface area contributed by atoms with Crippen LogP contribution in [0.2, 0.25) is 0 Å². The molecule has 0 N–H and O–H groups in total. The van der Waals surface area contributed by atoms with Gasteiger partial charge in [0.2, 0.25) is 0 Å². The maximum Gasteiger partial charge on any atom is 0.137 e. The van der Waals surface area contributed by atoms with Crippen molar-refractivity contribution in [3.63, 3.8) is 0 Å². The van der Waals surface area contributed by atoms with Gasteiger partial charge in [-0.25, -0.2) is 4.39 Å². The zero-order chi connectivity index (χ0) is 14.1. The smallest absolute Gasteiger partial charge is 0.137 e. The Kier molecular flexibility index (Phi) is 4.22. The first-order valence-electron chi connectivity index (χ1n) is 7.36. The Bertz CT molecular complexity index is 519. The van der Waals surface area contributed by atoms with Crippen molar-refractivity contribution in [1.29, 1.82) is 0 Å². The van der Waals surface area contributed by atoms with Crippen LogP contribution in [0.25, 0.3) is 0 Å². The number of benzene rings is 1. The Balaban J connectivity index is 1.75. The van der Waals surface area contributed by atoms with Gasteiger partial charge in [-0.05, 0) is 50.4 Å². The molecule has 0 amide bonds. The second kappa shape index (κ2) is 5.94. The molecule has 2 unspecified atom stereocenters. The zero-order valence-electron chi connectivity index (χ0n) is 11.4. The predicted molar refractivity (Wildman–Crippen MR) is 79.9 cm³/mol. The number of ketones is 1. The molecule has 0 radical (unpaired) electrons. The van der Waals surface area contributed by atoms with Gasteiger partial charge in [0.05, 0.1) is 0 Å². The Morgan fingerprint density at radius 1 is 1.30 bits per heavy atom. The number of carbonyl (C=O) groups is 1. The van der Waals surface area contributed by atoms with Gasteiger partial charge < -0.3 is 0 Å². The number of nitrogens with zero attached hydrogens (tertiary/aromatic N) is 1. The molecule has 2 atom stereocenters. The summed E-state index contributed by atoms with van der Waals surface area (Å²) in [6, 6.07) is 5.40. The van der Waals surface area contributed by atoms with Crippen LogP contribution in [0.4, 0.5) is 4.39 Å². The molecule has 4 heteroatoms. The van der Waals surface area contributed by atoms with Gasteiger partial charge in [0.25, 0.3) is 0 Å². The van der Waals surface area contributed by atoms with Gasteiger partial charge in [0, 0.05) is 35.0 Å². The normalized spacial score (nSPS) is 27.4. The molecule has 3 rings (SSSR count). The van der Waals surface area contributed by atoms with Crippen molar-refractivity contribution < 1.29 is 9.18 Å². The molecule has 108 valence electrons. The molecule has 1 saturated carbocycles. The van der Waals surface area contributed by atoms with E-state index in [2.05, 4.69) is 20.8 Å². The molecule has 0 spiro atoms. The fraction of sp³-hybridized carbons (Fsp3) is 0.562. The third-order valence-electron chi connectivity index (χ3n) is 4.61. The number of halogens is 2. The molecule has 1 aliphatic carbocycles. The van der Waals surface area contributed by atoms with Gasteiger partial charge in [0.15, 0.2) is 0 Å². The highest BCUT2D eigenvalue weighted by Gasteiger charge is 2.38. The molecule has 1 heterocycles. The maximum atomic E-state index is 13.9. The van der Waals surface area contributed by atoms with E-state index in [9.17, 15) is 9.18 Å². The van der Waals surface area contributed by atoms with E-state index in [0.717, 1.165) is 48.7 Å². The van der Waals surface area contributed by atoms with Crippen molar-refractivity contribution in [2.24, 2.45) is 5.92 Å². The van der Waals surface area contributed by atoms with Gasteiger partial charge in [-0.2, -0.15) is 0 Å². The van der Waals surface area contributed by atoms with E-state index < -0.39 is 0 Å². The number of hydrogen-bond donors (Lipinski definition) is 0. The molecule has 2 aliphatic rings. The second-order valence-corrected chi connectivity index (χ2v) is 6.80. The largest absolute Gasteiger partial charge is 0.299 e. The summed E-state index contributed by atoms with van der Waals surface area (Å²) in [4.78, 5) is 14.3.